The molecule has 7 nitrogen and oxygen atoms in total. The summed E-state index contributed by atoms with van der Waals surface area (Å²) in [5.41, 5.74) is 1.67. The van der Waals surface area contributed by atoms with E-state index in [-0.39, 0.29) is 6.04 Å². The molecule has 3 N–H and O–H groups in total. The van der Waals surface area contributed by atoms with E-state index in [1.165, 1.54) is 11.8 Å². The van der Waals surface area contributed by atoms with Crippen molar-refractivity contribution in [3.8, 4) is 5.75 Å². The zero-order valence-electron chi connectivity index (χ0n) is 18.5. The second-order valence-corrected chi connectivity index (χ2v) is 10.4. The zero-order valence-corrected chi connectivity index (χ0v) is 20.1. The first kappa shape index (κ1) is 24.5. The predicted molar refractivity (Wildman–Crippen MR) is 131 cm³/mol. The molecule has 0 aliphatic carbocycles. The van der Waals surface area contributed by atoms with Crippen LogP contribution in [0.15, 0.2) is 64.6 Å². The molecule has 0 saturated heterocycles. The lowest BCUT2D eigenvalue weighted by atomic mass is 10.1. The van der Waals surface area contributed by atoms with Crippen LogP contribution in [0, 0.1) is 0 Å². The molecule has 0 saturated carbocycles. The number of rotatable bonds is 8. The van der Waals surface area contributed by atoms with E-state index < -0.39 is 16.7 Å². The molecule has 1 aliphatic heterocycles. The molecule has 174 valence electrons. The molecule has 3 rings (SSSR count). The maximum atomic E-state index is 11.4. The van der Waals surface area contributed by atoms with Crippen molar-refractivity contribution in [1.29, 1.82) is 0 Å². The van der Waals surface area contributed by atoms with Crippen molar-refractivity contribution in [2.45, 2.75) is 42.0 Å². The number of ether oxygens (including phenoxy) is 1. The van der Waals surface area contributed by atoms with Gasteiger partial charge in [-0.1, -0.05) is 38.0 Å². The van der Waals surface area contributed by atoms with Crippen LogP contribution < -0.4 is 9.64 Å². The second-order valence-electron chi connectivity index (χ2n) is 7.54. The van der Waals surface area contributed by atoms with Crippen LogP contribution in [0.5, 0.6) is 5.75 Å². The molecule has 0 fully saturated rings. The Morgan fingerprint density at radius 2 is 2.00 bits per heavy atom. The third kappa shape index (κ3) is 5.24. The highest BCUT2D eigenvalue weighted by Gasteiger charge is 2.37. The topological polar surface area (TPSA) is 93.5 Å². The van der Waals surface area contributed by atoms with Gasteiger partial charge in [-0.15, -0.1) is 22.5 Å². The SMILES string of the molecule is CCCC[C@@H]1CN(c2ccccc2)c2cc(SC)c(O/C=C/C(=O)O)cc2S(O)(O)N1C. The molecule has 0 radical (unpaired) electrons. The molecule has 0 amide bonds. The summed E-state index contributed by atoms with van der Waals surface area (Å²) in [4.78, 5) is 14.1. The number of thioether (sulfide) groups is 1. The maximum absolute atomic E-state index is 11.4. The average molecular weight is 479 g/mol. The Morgan fingerprint density at radius 1 is 1.28 bits per heavy atom. The summed E-state index contributed by atoms with van der Waals surface area (Å²) in [6.07, 6.45) is 6.72. The van der Waals surface area contributed by atoms with Gasteiger partial charge in [0, 0.05) is 31.4 Å². The Morgan fingerprint density at radius 3 is 2.62 bits per heavy atom. The van der Waals surface area contributed by atoms with E-state index in [9.17, 15) is 13.9 Å². The Hall–Kier alpha value is -2.17. The molecule has 0 spiro atoms. The first-order valence-electron chi connectivity index (χ1n) is 10.4. The number of unbranched alkanes of at least 4 members (excludes halogenated alkanes) is 1. The highest BCUT2D eigenvalue weighted by Crippen LogP contribution is 2.60. The highest BCUT2D eigenvalue weighted by molar-refractivity contribution is 8.22. The minimum atomic E-state index is -3.30. The van der Waals surface area contributed by atoms with Gasteiger partial charge in [-0.05, 0) is 30.9 Å². The molecule has 0 unspecified atom stereocenters. The Bertz CT molecular complexity index is 968. The van der Waals surface area contributed by atoms with Crippen LogP contribution in [0.1, 0.15) is 26.2 Å². The zero-order chi connectivity index (χ0) is 23.3. The van der Waals surface area contributed by atoms with Crippen LogP contribution in [-0.2, 0) is 4.79 Å². The minimum Gasteiger partial charge on any atom is -0.478 e. The van der Waals surface area contributed by atoms with Gasteiger partial charge in [0.05, 0.1) is 22.9 Å². The molecular weight excluding hydrogens is 448 g/mol. The van der Waals surface area contributed by atoms with Gasteiger partial charge in [-0.2, -0.15) is 0 Å². The van der Waals surface area contributed by atoms with Crippen molar-refractivity contribution in [2.24, 2.45) is 0 Å². The molecular formula is C23H30N2O5S2. The summed E-state index contributed by atoms with van der Waals surface area (Å²) in [5, 5.41) is 8.86. The summed E-state index contributed by atoms with van der Waals surface area (Å²) in [6.45, 7) is 2.73. The monoisotopic (exact) mass is 478 g/mol. The first-order chi connectivity index (χ1) is 15.3. The standard InChI is InChI=1S/C23H30N2O5S2/c1-4-5-9-18-16-25(17-10-7-6-8-11-17)19-14-21(31-3)20(30-13-12-23(26)27)15-22(19)32(28,29)24(18)2/h6-8,10-15,18,28-29H,4-5,9,16H2,1-3H3,(H,26,27)/b13-12+/t18-/m1/s1. The summed E-state index contributed by atoms with van der Waals surface area (Å²) < 4.78 is 30.0. The number of carbonyl (C=O) groups is 1. The van der Waals surface area contributed by atoms with Crippen molar-refractivity contribution in [3.05, 3.63) is 54.8 Å². The maximum Gasteiger partial charge on any atom is 0.331 e. The van der Waals surface area contributed by atoms with Crippen LogP contribution >= 0.6 is 22.5 Å². The van der Waals surface area contributed by atoms with E-state index >= 15 is 0 Å². The fraction of sp³-hybridized carbons (Fsp3) is 0.348. The first-order valence-corrected chi connectivity index (χ1v) is 13.1. The van der Waals surface area contributed by atoms with Crippen LogP contribution in [0.25, 0.3) is 0 Å². The van der Waals surface area contributed by atoms with E-state index in [0.29, 0.717) is 22.9 Å². The van der Waals surface area contributed by atoms with Crippen molar-refractivity contribution < 1.29 is 23.7 Å². The van der Waals surface area contributed by atoms with Gasteiger partial charge in [0.2, 0.25) is 0 Å². The highest BCUT2D eigenvalue weighted by atomic mass is 32.3. The van der Waals surface area contributed by atoms with Gasteiger partial charge in [0.15, 0.2) is 0 Å². The number of nitrogens with zero attached hydrogens (tertiary/aromatic N) is 2. The fourth-order valence-corrected chi connectivity index (χ4v) is 5.88. The summed E-state index contributed by atoms with van der Waals surface area (Å²) in [5.74, 6) is -0.745. The number of fused-ring (bicyclic) bond motifs is 1. The van der Waals surface area contributed by atoms with Gasteiger partial charge in [-0.25, -0.2) is 9.10 Å². The molecule has 1 atom stereocenters. The van der Waals surface area contributed by atoms with E-state index in [0.717, 1.165) is 42.2 Å². The van der Waals surface area contributed by atoms with E-state index in [1.807, 2.05) is 42.7 Å². The molecule has 32 heavy (non-hydrogen) atoms. The fourth-order valence-electron chi connectivity index (χ4n) is 3.73. The van der Waals surface area contributed by atoms with Gasteiger partial charge in [0.25, 0.3) is 0 Å². The molecule has 0 aromatic heterocycles. The third-order valence-corrected chi connectivity index (χ3v) is 8.28. The third-order valence-electron chi connectivity index (χ3n) is 5.50. The minimum absolute atomic E-state index is 0.0680. The number of para-hydroxylation sites is 1. The summed E-state index contributed by atoms with van der Waals surface area (Å²) in [6, 6.07) is 13.3. The van der Waals surface area contributed by atoms with Crippen LogP contribution in [-0.4, -0.2) is 50.4 Å². The van der Waals surface area contributed by atoms with Crippen molar-refractivity contribution >= 4 is 39.9 Å². The number of benzene rings is 2. The molecule has 1 heterocycles. The van der Waals surface area contributed by atoms with Crippen molar-refractivity contribution in [3.63, 3.8) is 0 Å². The van der Waals surface area contributed by atoms with Crippen LogP contribution in [0.3, 0.4) is 0 Å². The molecule has 0 bridgehead atoms. The van der Waals surface area contributed by atoms with Crippen LogP contribution in [0.2, 0.25) is 0 Å². The van der Waals surface area contributed by atoms with Gasteiger partial charge < -0.3 is 14.7 Å². The lowest BCUT2D eigenvalue weighted by Crippen LogP contribution is -2.39. The largest absolute Gasteiger partial charge is 0.478 e. The smallest absolute Gasteiger partial charge is 0.331 e. The van der Waals surface area contributed by atoms with E-state index in [1.54, 1.807) is 17.4 Å². The second kappa shape index (κ2) is 10.6. The van der Waals surface area contributed by atoms with Crippen molar-refractivity contribution in [2.75, 3.05) is 24.7 Å². The molecule has 2 aromatic rings. The molecule has 9 heteroatoms. The van der Waals surface area contributed by atoms with Crippen LogP contribution in [0.4, 0.5) is 11.4 Å². The number of hydrogen-bond acceptors (Lipinski definition) is 7. The Kier molecular flexibility index (Phi) is 8.13. The number of likely N-dealkylation sites (N-methyl/N-ethyl adjacent to an activating group) is 1. The summed E-state index contributed by atoms with van der Waals surface area (Å²) >= 11 is 1.45. The Labute approximate surface area is 195 Å². The summed E-state index contributed by atoms with van der Waals surface area (Å²) in [7, 11) is -1.55. The lowest BCUT2D eigenvalue weighted by Gasteiger charge is -2.43. The number of aliphatic carboxylic acids is 1. The number of carboxylic acids is 1. The quantitative estimate of drug-likeness (QED) is 0.240. The van der Waals surface area contributed by atoms with E-state index in [2.05, 4.69) is 11.8 Å². The van der Waals surface area contributed by atoms with Crippen molar-refractivity contribution in [1.82, 2.24) is 4.31 Å². The van der Waals surface area contributed by atoms with Gasteiger partial charge in [-0.3, -0.25) is 9.11 Å². The lowest BCUT2D eigenvalue weighted by molar-refractivity contribution is -0.131. The number of hydrogen-bond donors (Lipinski definition) is 3. The van der Waals surface area contributed by atoms with Gasteiger partial charge in [0.1, 0.15) is 10.6 Å². The number of anilines is 2. The molecule has 1 aliphatic rings. The normalized spacial score (nSPS) is 19.4. The predicted octanol–water partition coefficient (Wildman–Crippen LogP) is 6.05. The Balaban J connectivity index is 2.17. The molecule has 2 aromatic carbocycles. The van der Waals surface area contributed by atoms with E-state index in [4.69, 9.17) is 9.84 Å². The number of carboxylic acid groups (broad SMARTS) is 1. The average Bonchev–Trinajstić information content (AvgIpc) is 2.86. The van der Waals surface area contributed by atoms with Gasteiger partial charge >= 0.3 is 5.97 Å².